The Labute approximate surface area is 110 Å². The van der Waals surface area contributed by atoms with Gasteiger partial charge in [-0.3, -0.25) is 0 Å². The molecular weight excluding hydrogens is 226 g/mol. The van der Waals surface area contributed by atoms with Crippen molar-refractivity contribution < 1.29 is 9.47 Å². The number of para-hydroxylation sites is 1. The lowest BCUT2D eigenvalue weighted by atomic mass is 10.1. The average molecular weight is 251 g/mol. The van der Waals surface area contributed by atoms with E-state index in [4.69, 9.17) is 9.47 Å². The number of rotatable bonds is 8. The van der Waals surface area contributed by atoms with E-state index in [1.807, 2.05) is 32.0 Å². The van der Waals surface area contributed by atoms with Crippen LogP contribution in [-0.2, 0) is 11.3 Å². The first-order chi connectivity index (χ1) is 8.63. The molecule has 1 aromatic rings. The van der Waals surface area contributed by atoms with E-state index < -0.39 is 0 Å². The highest BCUT2D eigenvalue weighted by molar-refractivity contribution is 5.33. The quantitative estimate of drug-likeness (QED) is 0.770. The third-order valence-electron chi connectivity index (χ3n) is 2.73. The number of ether oxygens (including phenoxy) is 2. The van der Waals surface area contributed by atoms with Crippen LogP contribution in [0.1, 0.15) is 32.8 Å². The largest absolute Gasteiger partial charge is 0.491 e. The fourth-order valence-corrected chi connectivity index (χ4v) is 1.70. The Balaban J connectivity index is 2.50. The van der Waals surface area contributed by atoms with Crippen LogP contribution >= 0.6 is 0 Å². The molecule has 102 valence electrons. The van der Waals surface area contributed by atoms with Crippen LogP contribution in [0.15, 0.2) is 24.3 Å². The van der Waals surface area contributed by atoms with Crippen LogP contribution in [0.5, 0.6) is 5.75 Å². The van der Waals surface area contributed by atoms with E-state index >= 15 is 0 Å². The molecule has 1 atom stereocenters. The van der Waals surface area contributed by atoms with Crippen molar-refractivity contribution in [2.45, 2.75) is 45.9 Å². The lowest BCUT2D eigenvalue weighted by Crippen LogP contribution is -2.27. The molecule has 0 saturated heterocycles. The standard InChI is InChI=1S/C15H25NO2/c1-12(2)18-15-8-6-5-7-14(15)11-16-13(3)9-10-17-4/h5-8,12-13,16H,9-11H2,1-4H3. The molecule has 1 N–H and O–H groups in total. The Hall–Kier alpha value is -1.06. The zero-order chi connectivity index (χ0) is 13.4. The van der Waals surface area contributed by atoms with E-state index in [0.29, 0.717) is 6.04 Å². The minimum absolute atomic E-state index is 0.206. The highest BCUT2D eigenvalue weighted by Crippen LogP contribution is 2.19. The third-order valence-corrected chi connectivity index (χ3v) is 2.73. The summed E-state index contributed by atoms with van der Waals surface area (Å²) >= 11 is 0. The molecule has 3 heteroatoms. The Morgan fingerprint density at radius 3 is 2.56 bits per heavy atom. The van der Waals surface area contributed by atoms with Crippen molar-refractivity contribution in [3.8, 4) is 5.75 Å². The van der Waals surface area contributed by atoms with Gasteiger partial charge in [-0.25, -0.2) is 0 Å². The van der Waals surface area contributed by atoms with E-state index in [1.54, 1.807) is 7.11 Å². The van der Waals surface area contributed by atoms with Gasteiger partial charge in [-0.1, -0.05) is 18.2 Å². The van der Waals surface area contributed by atoms with Gasteiger partial charge in [0.15, 0.2) is 0 Å². The SMILES string of the molecule is COCCC(C)NCc1ccccc1OC(C)C. The molecule has 0 spiro atoms. The van der Waals surface area contributed by atoms with Crippen LogP contribution in [0, 0.1) is 0 Å². The maximum Gasteiger partial charge on any atom is 0.124 e. The Bertz CT molecular complexity index is 339. The van der Waals surface area contributed by atoms with Gasteiger partial charge < -0.3 is 14.8 Å². The molecule has 1 rings (SSSR count). The molecule has 0 aliphatic carbocycles. The Morgan fingerprint density at radius 2 is 1.89 bits per heavy atom. The van der Waals surface area contributed by atoms with Gasteiger partial charge in [-0.05, 0) is 33.3 Å². The van der Waals surface area contributed by atoms with Crippen LogP contribution in [0.25, 0.3) is 0 Å². The summed E-state index contributed by atoms with van der Waals surface area (Å²) in [6.45, 7) is 7.88. The zero-order valence-corrected chi connectivity index (χ0v) is 11.9. The van der Waals surface area contributed by atoms with Gasteiger partial charge in [0.25, 0.3) is 0 Å². The van der Waals surface area contributed by atoms with Crippen LogP contribution in [0.3, 0.4) is 0 Å². The van der Waals surface area contributed by atoms with Gasteiger partial charge in [0.1, 0.15) is 5.75 Å². The predicted octanol–water partition coefficient (Wildman–Crippen LogP) is 2.99. The van der Waals surface area contributed by atoms with Crippen molar-refractivity contribution in [2.75, 3.05) is 13.7 Å². The fourth-order valence-electron chi connectivity index (χ4n) is 1.70. The maximum absolute atomic E-state index is 5.79. The second-order valence-corrected chi connectivity index (χ2v) is 4.84. The van der Waals surface area contributed by atoms with Crippen molar-refractivity contribution in [1.29, 1.82) is 0 Å². The van der Waals surface area contributed by atoms with Crippen LogP contribution in [0.4, 0.5) is 0 Å². The lowest BCUT2D eigenvalue weighted by Gasteiger charge is -2.17. The predicted molar refractivity (Wildman–Crippen MR) is 75.0 cm³/mol. The van der Waals surface area contributed by atoms with Crippen LogP contribution in [-0.4, -0.2) is 25.9 Å². The molecule has 0 aliphatic heterocycles. The second-order valence-electron chi connectivity index (χ2n) is 4.84. The smallest absolute Gasteiger partial charge is 0.124 e. The Kier molecular flexibility index (Phi) is 6.76. The van der Waals surface area contributed by atoms with Crippen LogP contribution < -0.4 is 10.1 Å². The van der Waals surface area contributed by atoms with Crippen molar-refractivity contribution in [3.63, 3.8) is 0 Å². The summed E-state index contributed by atoms with van der Waals surface area (Å²) in [7, 11) is 1.73. The number of hydrogen-bond acceptors (Lipinski definition) is 3. The molecule has 0 heterocycles. The molecular formula is C15H25NO2. The highest BCUT2D eigenvalue weighted by Gasteiger charge is 2.06. The topological polar surface area (TPSA) is 30.5 Å². The molecule has 0 aromatic heterocycles. The summed E-state index contributed by atoms with van der Waals surface area (Å²) < 4.78 is 10.9. The highest BCUT2D eigenvalue weighted by atomic mass is 16.5. The van der Waals surface area contributed by atoms with Gasteiger partial charge in [-0.2, -0.15) is 0 Å². The molecule has 0 radical (unpaired) electrons. The number of benzene rings is 1. The third kappa shape index (κ3) is 5.52. The first-order valence-corrected chi connectivity index (χ1v) is 6.60. The minimum Gasteiger partial charge on any atom is -0.491 e. The van der Waals surface area contributed by atoms with Crippen LogP contribution in [0.2, 0.25) is 0 Å². The van der Waals surface area contributed by atoms with E-state index in [0.717, 1.165) is 25.3 Å². The molecule has 0 amide bonds. The molecule has 3 nitrogen and oxygen atoms in total. The number of hydrogen-bond donors (Lipinski definition) is 1. The van der Waals surface area contributed by atoms with Crippen molar-refractivity contribution in [1.82, 2.24) is 5.32 Å². The zero-order valence-electron chi connectivity index (χ0n) is 11.9. The van der Waals surface area contributed by atoms with E-state index in [2.05, 4.69) is 18.3 Å². The molecule has 1 aromatic carbocycles. The molecule has 18 heavy (non-hydrogen) atoms. The average Bonchev–Trinajstić information content (AvgIpc) is 2.34. The fraction of sp³-hybridized carbons (Fsp3) is 0.600. The summed E-state index contributed by atoms with van der Waals surface area (Å²) in [5.41, 5.74) is 1.20. The second kappa shape index (κ2) is 8.11. The maximum atomic E-state index is 5.79. The minimum atomic E-state index is 0.206. The monoisotopic (exact) mass is 251 g/mol. The van der Waals surface area contributed by atoms with Crippen molar-refractivity contribution in [2.24, 2.45) is 0 Å². The molecule has 1 unspecified atom stereocenters. The summed E-state index contributed by atoms with van der Waals surface area (Å²) in [6, 6.07) is 8.63. The van der Waals surface area contributed by atoms with Gasteiger partial charge in [0.2, 0.25) is 0 Å². The summed E-state index contributed by atoms with van der Waals surface area (Å²) in [5, 5.41) is 3.49. The molecule has 0 saturated carbocycles. The lowest BCUT2D eigenvalue weighted by molar-refractivity contribution is 0.184. The summed E-state index contributed by atoms with van der Waals surface area (Å²) in [5.74, 6) is 0.971. The number of nitrogens with one attached hydrogen (secondary N) is 1. The van der Waals surface area contributed by atoms with E-state index in [-0.39, 0.29) is 6.10 Å². The van der Waals surface area contributed by atoms with E-state index in [9.17, 15) is 0 Å². The van der Waals surface area contributed by atoms with Crippen molar-refractivity contribution in [3.05, 3.63) is 29.8 Å². The van der Waals surface area contributed by atoms with Gasteiger partial charge in [-0.15, -0.1) is 0 Å². The molecule has 0 fully saturated rings. The first-order valence-electron chi connectivity index (χ1n) is 6.60. The summed E-state index contributed by atoms with van der Waals surface area (Å²) in [4.78, 5) is 0. The van der Waals surface area contributed by atoms with Gasteiger partial charge in [0, 0.05) is 31.9 Å². The summed E-state index contributed by atoms with van der Waals surface area (Å²) in [6.07, 6.45) is 1.22. The molecule has 0 aliphatic rings. The molecule has 0 bridgehead atoms. The number of methoxy groups -OCH3 is 1. The van der Waals surface area contributed by atoms with Gasteiger partial charge in [0.05, 0.1) is 6.10 Å². The normalized spacial score (nSPS) is 12.7. The van der Waals surface area contributed by atoms with E-state index in [1.165, 1.54) is 5.56 Å². The van der Waals surface area contributed by atoms with Crippen molar-refractivity contribution >= 4 is 0 Å². The van der Waals surface area contributed by atoms with Gasteiger partial charge >= 0.3 is 0 Å². The Morgan fingerprint density at radius 1 is 1.17 bits per heavy atom. The first kappa shape index (κ1) is 15.0.